The summed E-state index contributed by atoms with van der Waals surface area (Å²) in [4.78, 5) is 15.1. The fraction of sp³-hybridized carbons (Fsp3) is 0.138. The van der Waals surface area contributed by atoms with Crippen molar-refractivity contribution in [2.75, 3.05) is 5.32 Å². The van der Waals surface area contributed by atoms with Crippen molar-refractivity contribution in [1.82, 2.24) is 4.90 Å². The maximum absolute atomic E-state index is 13.4. The van der Waals surface area contributed by atoms with Crippen molar-refractivity contribution in [3.8, 4) is 11.1 Å². The Balaban J connectivity index is 1.57. The number of carbonyl (C=O) groups excluding carboxylic acids is 1. The van der Waals surface area contributed by atoms with Gasteiger partial charge < -0.3 is 10.2 Å². The minimum Gasteiger partial charge on any atom is -0.316 e. The average molecular weight is 489 g/mol. The van der Waals surface area contributed by atoms with E-state index in [9.17, 15) is 4.79 Å². The molecule has 0 saturated heterocycles. The highest BCUT2D eigenvalue weighted by Crippen LogP contribution is 2.25. The molecule has 0 aliphatic rings. The molecule has 4 aromatic carbocycles. The summed E-state index contributed by atoms with van der Waals surface area (Å²) in [5, 5.41) is 4.04. The Hall–Kier alpha value is -3.27. The second kappa shape index (κ2) is 10.8. The van der Waals surface area contributed by atoms with Crippen molar-refractivity contribution < 1.29 is 4.79 Å². The lowest BCUT2D eigenvalue weighted by atomic mass is 10.0. The van der Waals surface area contributed by atoms with Gasteiger partial charge in [0.2, 0.25) is 0 Å². The summed E-state index contributed by atoms with van der Waals surface area (Å²) < 4.78 is 0. The first-order chi connectivity index (χ1) is 16.4. The second-order valence-corrected chi connectivity index (χ2v) is 9.23. The van der Waals surface area contributed by atoms with E-state index >= 15 is 0 Å². The fourth-order valence-corrected chi connectivity index (χ4v) is 4.18. The van der Waals surface area contributed by atoms with E-state index in [1.54, 1.807) is 17.0 Å². The summed E-state index contributed by atoms with van der Waals surface area (Å²) in [6.07, 6.45) is 0. The summed E-state index contributed by atoms with van der Waals surface area (Å²) in [6, 6.07) is 29.8. The second-order valence-electron chi connectivity index (χ2n) is 8.42. The summed E-state index contributed by atoms with van der Waals surface area (Å²) >= 11 is 12.3. The van der Waals surface area contributed by atoms with Crippen molar-refractivity contribution in [1.29, 1.82) is 0 Å². The quantitative estimate of drug-likeness (QED) is 0.289. The molecule has 0 bridgehead atoms. The minimum absolute atomic E-state index is 0.176. The van der Waals surface area contributed by atoms with Crippen LogP contribution < -0.4 is 5.32 Å². The lowest BCUT2D eigenvalue weighted by molar-refractivity contribution is 0.206. The smallest absolute Gasteiger partial charge is 0.316 e. The molecule has 172 valence electrons. The van der Waals surface area contributed by atoms with Gasteiger partial charge in [0.25, 0.3) is 0 Å². The first-order valence-electron chi connectivity index (χ1n) is 11.1. The van der Waals surface area contributed by atoms with Crippen LogP contribution in [0.1, 0.15) is 22.3 Å². The van der Waals surface area contributed by atoms with E-state index in [1.165, 1.54) is 0 Å². The summed E-state index contributed by atoms with van der Waals surface area (Å²) in [5.41, 5.74) is 7.22. The van der Waals surface area contributed by atoms with Crippen molar-refractivity contribution in [3.05, 3.63) is 123 Å². The Labute approximate surface area is 211 Å². The van der Waals surface area contributed by atoms with Gasteiger partial charge in [-0.3, -0.25) is 0 Å². The van der Waals surface area contributed by atoms with Gasteiger partial charge in [0.1, 0.15) is 0 Å². The van der Waals surface area contributed by atoms with Crippen LogP contribution in [0, 0.1) is 13.8 Å². The Morgan fingerprint density at radius 1 is 0.735 bits per heavy atom. The monoisotopic (exact) mass is 488 g/mol. The molecule has 4 aromatic rings. The number of urea groups is 1. The van der Waals surface area contributed by atoms with E-state index in [0.717, 1.165) is 39.1 Å². The maximum atomic E-state index is 13.4. The molecular formula is C29H26Cl2N2O. The minimum atomic E-state index is -0.176. The summed E-state index contributed by atoms with van der Waals surface area (Å²) in [7, 11) is 0. The van der Waals surface area contributed by atoms with Gasteiger partial charge in [-0.2, -0.15) is 0 Å². The highest BCUT2D eigenvalue weighted by atomic mass is 35.5. The third-order valence-electron chi connectivity index (χ3n) is 5.70. The normalized spacial score (nSPS) is 10.7. The molecule has 0 unspecified atom stereocenters. The molecule has 5 heteroatoms. The number of anilines is 1. The first kappa shape index (κ1) is 23.9. The number of amides is 2. The van der Waals surface area contributed by atoms with Crippen LogP contribution >= 0.6 is 23.2 Å². The molecule has 0 aliphatic carbocycles. The molecule has 0 aromatic heterocycles. The van der Waals surface area contributed by atoms with Crippen LogP contribution in [0.2, 0.25) is 10.0 Å². The fourth-order valence-electron chi connectivity index (χ4n) is 3.86. The van der Waals surface area contributed by atoms with Crippen LogP contribution in [0.25, 0.3) is 11.1 Å². The summed E-state index contributed by atoms with van der Waals surface area (Å²) in [6.45, 7) is 4.88. The molecule has 0 heterocycles. The largest absolute Gasteiger partial charge is 0.322 e. The topological polar surface area (TPSA) is 32.3 Å². The number of hydrogen-bond acceptors (Lipinski definition) is 1. The van der Waals surface area contributed by atoms with Crippen LogP contribution in [0.4, 0.5) is 10.5 Å². The lowest BCUT2D eigenvalue weighted by Gasteiger charge is -2.24. The van der Waals surface area contributed by atoms with Gasteiger partial charge in [-0.15, -0.1) is 0 Å². The van der Waals surface area contributed by atoms with Crippen molar-refractivity contribution in [2.45, 2.75) is 26.9 Å². The summed E-state index contributed by atoms with van der Waals surface area (Å²) in [5.74, 6) is 0. The van der Waals surface area contributed by atoms with E-state index in [4.69, 9.17) is 23.2 Å². The molecule has 0 saturated carbocycles. The van der Waals surface area contributed by atoms with Crippen molar-refractivity contribution in [3.63, 3.8) is 0 Å². The van der Waals surface area contributed by atoms with Gasteiger partial charge >= 0.3 is 6.03 Å². The van der Waals surface area contributed by atoms with Crippen molar-refractivity contribution in [2.24, 2.45) is 0 Å². The van der Waals surface area contributed by atoms with Crippen LogP contribution in [-0.4, -0.2) is 10.9 Å². The Morgan fingerprint density at radius 3 is 2.06 bits per heavy atom. The number of aryl methyl sites for hydroxylation is 2. The zero-order valence-electron chi connectivity index (χ0n) is 19.2. The van der Waals surface area contributed by atoms with Gasteiger partial charge in [0, 0.05) is 18.8 Å². The lowest BCUT2D eigenvalue weighted by Crippen LogP contribution is -2.34. The highest BCUT2D eigenvalue weighted by Gasteiger charge is 2.17. The molecule has 0 spiro atoms. The molecule has 0 fully saturated rings. The molecular weight excluding hydrogens is 463 g/mol. The van der Waals surface area contributed by atoms with Gasteiger partial charge in [0.15, 0.2) is 0 Å². The number of halogens is 2. The number of rotatable bonds is 6. The number of hydrogen-bond donors (Lipinski definition) is 1. The predicted molar refractivity (Wildman–Crippen MR) is 143 cm³/mol. The van der Waals surface area contributed by atoms with E-state index in [1.807, 2.05) is 50.2 Å². The van der Waals surface area contributed by atoms with Gasteiger partial charge in [0.05, 0.1) is 10.0 Å². The Kier molecular flexibility index (Phi) is 7.56. The van der Waals surface area contributed by atoms with Gasteiger partial charge in [-0.25, -0.2) is 4.79 Å². The van der Waals surface area contributed by atoms with E-state index < -0.39 is 0 Å². The predicted octanol–water partition coefficient (Wildman–Crippen LogP) is 8.51. The average Bonchev–Trinajstić information content (AvgIpc) is 2.84. The highest BCUT2D eigenvalue weighted by molar-refractivity contribution is 6.42. The molecule has 0 radical (unpaired) electrons. The van der Waals surface area contributed by atoms with Crippen LogP contribution in [0.15, 0.2) is 91.0 Å². The third-order valence-corrected chi connectivity index (χ3v) is 6.44. The van der Waals surface area contributed by atoms with E-state index in [2.05, 4.69) is 47.8 Å². The standard InChI is InChI=1S/C29H26Cl2N2O/c1-20-8-15-28(21(2)16-20)32-29(34)33(19-23-11-14-26(30)27(31)17-23)18-22-9-12-25(13-10-22)24-6-4-3-5-7-24/h3-17H,18-19H2,1-2H3,(H,32,34). The molecule has 3 nitrogen and oxygen atoms in total. The molecule has 1 N–H and O–H groups in total. The van der Waals surface area contributed by atoms with E-state index in [-0.39, 0.29) is 6.03 Å². The number of nitrogens with zero attached hydrogens (tertiary/aromatic N) is 1. The molecule has 0 aliphatic heterocycles. The zero-order valence-corrected chi connectivity index (χ0v) is 20.7. The zero-order chi connectivity index (χ0) is 24.1. The van der Waals surface area contributed by atoms with Crippen LogP contribution in [0.5, 0.6) is 0 Å². The Bertz CT molecular complexity index is 1290. The molecule has 0 atom stereocenters. The molecule has 34 heavy (non-hydrogen) atoms. The van der Waals surface area contributed by atoms with E-state index in [0.29, 0.717) is 23.1 Å². The van der Waals surface area contributed by atoms with Crippen LogP contribution in [0.3, 0.4) is 0 Å². The maximum Gasteiger partial charge on any atom is 0.322 e. The first-order valence-corrected chi connectivity index (χ1v) is 11.9. The molecule has 2 amide bonds. The van der Waals surface area contributed by atoms with Gasteiger partial charge in [-0.1, -0.05) is 102 Å². The Morgan fingerprint density at radius 2 is 1.38 bits per heavy atom. The molecule has 4 rings (SSSR count). The third kappa shape index (κ3) is 5.99. The number of benzene rings is 4. The van der Waals surface area contributed by atoms with Crippen molar-refractivity contribution >= 4 is 34.9 Å². The van der Waals surface area contributed by atoms with Gasteiger partial charge in [-0.05, 0) is 59.9 Å². The SMILES string of the molecule is Cc1ccc(NC(=O)N(Cc2ccc(-c3ccccc3)cc2)Cc2ccc(Cl)c(Cl)c2)c(C)c1. The number of carbonyl (C=O) groups is 1. The number of nitrogens with one attached hydrogen (secondary N) is 1. The van der Waals surface area contributed by atoms with Crippen LogP contribution in [-0.2, 0) is 13.1 Å².